The maximum atomic E-state index is 12.2. The molecule has 2 N–H and O–H groups in total. The molecule has 3 amide bonds. The number of hydrogen-bond donors (Lipinski definition) is 2. The highest BCUT2D eigenvalue weighted by atomic mass is 16.5. The minimum Gasteiger partial charge on any atom is -0.493 e. The van der Waals surface area contributed by atoms with Crippen molar-refractivity contribution >= 4 is 29.6 Å². The van der Waals surface area contributed by atoms with Gasteiger partial charge in [0.15, 0.2) is 18.1 Å². The minimum absolute atomic E-state index is 0.0537. The Balaban J connectivity index is 1.54. The van der Waals surface area contributed by atoms with Gasteiger partial charge >= 0.3 is 11.8 Å². The van der Waals surface area contributed by atoms with Crippen molar-refractivity contribution in [1.29, 1.82) is 0 Å². The molecule has 1 heterocycles. The van der Waals surface area contributed by atoms with Gasteiger partial charge in [0, 0.05) is 18.8 Å². The second-order valence-corrected chi connectivity index (χ2v) is 7.69. The predicted octanol–water partition coefficient (Wildman–Crippen LogP) is 2.40. The molecule has 2 aromatic carbocycles. The van der Waals surface area contributed by atoms with Crippen molar-refractivity contribution in [3.63, 3.8) is 0 Å². The lowest BCUT2D eigenvalue weighted by atomic mass is 10.1. The molecule has 0 aliphatic carbocycles. The molecule has 9 nitrogen and oxygen atoms in total. The van der Waals surface area contributed by atoms with Crippen molar-refractivity contribution in [3.05, 3.63) is 53.1 Å². The van der Waals surface area contributed by atoms with Gasteiger partial charge < -0.3 is 19.7 Å². The molecule has 0 atom stereocenters. The molecule has 0 unspecified atom stereocenters. The number of carbonyl (C=O) groups excluding carboxylic acids is 3. The van der Waals surface area contributed by atoms with E-state index in [1.165, 1.54) is 13.3 Å². The van der Waals surface area contributed by atoms with Crippen LogP contribution in [0.3, 0.4) is 0 Å². The predicted molar refractivity (Wildman–Crippen MR) is 125 cm³/mol. The number of nitrogens with zero attached hydrogens (tertiary/aromatic N) is 2. The van der Waals surface area contributed by atoms with Gasteiger partial charge in [0.05, 0.1) is 13.3 Å². The van der Waals surface area contributed by atoms with Crippen molar-refractivity contribution in [2.24, 2.45) is 5.10 Å². The maximum absolute atomic E-state index is 12.2. The number of hydrazone groups is 1. The fraction of sp³-hybridized carbons (Fsp3) is 0.333. The zero-order valence-corrected chi connectivity index (χ0v) is 19.0. The molecule has 174 valence electrons. The average Bonchev–Trinajstić information content (AvgIpc) is 3.36. The molecule has 3 rings (SSSR count). The zero-order chi connectivity index (χ0) is 23.8. The van der Waals surface area contributed by atoms with Gasteiger partial charge in [-0.1, -0.05) is 12.1 Å². The highest BCUT2D eigenvalue weighted by molar-refractivity contribution is 6.39. The lowest BCUT2D eigenvalue weighted by Gasteiger charge is -2.16. The molecule has 0 radical (unpaired) electrons. The first-order chi connectivity index (χ1) is 15.9. The number of benzene rings is 2. The summed E-state index contributed by atoms with van der Waals surface area (Å²) in [6.07, 6.45) is 3.42. The van der Waals surface area contributed by atoms with E-state index in [2.05, 4.69) is 15.8 Å². The SMILES string of the molecule is COc1cc(/C=N\NC(=O)C(=O)Nc2cccc(C)c2C)ccc1OCC(=O)N1CCCC1. The van der Waals surface area contributed by atoms with E-state index in [1.807, 2.05) is 19.9 Å². The summed E-state index contributed by atoms with van der Waals surface area (Å²) in [7, 11) is 1.49. The summed E-state index contributed by atoms with van der Waals surface area (Å²) in [5, 5.41) is 6.41. The second kappa shape index (κ2) is 11.1. The van der Waals surface area contributed by atoms with Crippen molar-refractivity contribution in [1.82, 2.24) is 10.3 Å². The van der Waals surface area contributed by atoms with Gasteiger partial charge in [-0.25, -0.2) is 5.43 Å². The summed E-state index contributed by atoms with van der Waals surface area (Å²) >= 11 is 0. The number of amides is 3. The van der Waals surface area contributed by atoms with E-state index in [0.717, 1.165) is 37.1 Å². The highest BCUT2D eigenvalue weighted by Crippen LogP contribution is 2.27. The largest absolute Gasteiger partial charge is 0.493 e. The van der Waals surface area contributed by atoms with Gasteiger partial charge in [-0.2, -0.15) is 5.10 Å². The summed E-state index contributed by atoms with van der Waals surface area (Å²) in [4.78, 5) is 38.1. The summed E-state index contributed by atoms with van der Waals surface area (Å²) in [5.74, 6) is -0.905. The Morgan fingerprint density at radius 2 is 1.82 bits per heavy atom. The molecule has 0 saturated carbocycles. The smallest absolute Gasteiger partial charge is 0.329 e. The molecule has 0 spiro atoms. The first kappa shape index (κ1) is 23.8. The van der Waals surface area contributed by atoms with Crippen LogP contribution in [0.1, 0.15) is 29.5 Å². The molecule has 0 aromatic heterocycles. The van der Waals surface area contributed by atoms with Crippen molar-refractivity contribution < 1.29 is 23.9 Å². The number of likely N-dealkylation sites (tertiary alicyclic amines) is 1. The Bertz CT molecular complexity index is 1060. The molecule has 1 aliphatic rings. The van der Waals surface area contributed by atoms with Crippen molar-refractivity contribution in [2.75, 3.05) is 32.1 Å². The van der Waals surface area contributed by atoms with Gasteiger partial charge in [0.2, 0.25) is 0 Å². The van der Waals surface area contributed by atoms with Crippen LogP contribution in [0.4, 0.5) is 5.69 Å². The van der Waals surface area contributed by atoms with Crippen LogP contribution in [0.25, 0.3) is 0 Å². The number of nitrogens with one attached hydrogen (secondary N) is 2. The fourth-order valence-electron chi connectivity index (χ4n) is 3.36. The van der Waals surface area contributed by atoms with Crippen molar-refractivity contribution in [3.8, 4) is 11.5 Å². The molecular weight excluding hydrogens is 424 g/mol. The number of anilines is 1. The standard InChI is InChI=1S/C24H28N4O5/c1-16-7-6-8-19(17(16)2)26-23(30)24(31)27-25-14-18-9-10-20(21(13-18)32-3)33-15-22(29)28-11-4-5-12-28/h6-10,13-14H,4-5,11-12,15H2,1-3H3,(H,26,30)(H,27,31)/b25-14-. The number of rotatable bonds is 7. The molecule has 2 aromatic rings. The second-order valence-electron chi connectivity index (χ2n) is 7.69. The first-order valence-electron chi connectivity index (χ1n) is 10.7. The van der Waals surface area contributed by atoms with Crippen LogP contribution in [-0.4, -0.2) is 55.6 Å². The van der Waals surface area contributed by atoms with Crippen LogP contribution >= 0.6 is 0 Å². The van der Waals surface area contributed by atoms with Crippen LogP contribution in [0.15, 0.2) is 41.5 Å². The summed E-state index contributed by atoms with van der Waals surface area (Å²) in [5.41, 5.74) is 5.28. The quantitative estimate of drug-likeness (QED) is 0.381. The fourth-order valence-corrected chi connectivity index (χ4v) is 3.36. The summed E-state index contributed by atoms with van der Waals surface area (Å²) in [6, 6.07) is 10.5. The molecular formula is C24H28N4O5. The monoisotopic (exact) mass is 452 g/mol. The van der Waals surface area contributed by atoms with E-state index in [1.54, 1.807) is 35.2 Å². The first-order valence-corrected chi connectivity index (χ1v) is 10.7. The molecule has 1 fully saturated rings. The van der Waals surface area contributed by atoms with Crippen LogP contribution < -0.4 is 20.2 Å². The molecule has 33 heavy (non-hydrogen) atoms. The molecule has 1 saturated heterocycles. The lowest BCUT2D eigenvalue weighted by Crippen LogP contribution is -2.32. The van der Waals surface area contributed by atoms with Gasteiger partial charge in [0.25, 0.3) is 5.91 Å². The van der Waals surface area contributed by atoms with E-state index in [-0.39, 0.29) is 12.5 Å². The van der Waals surface area contributed by atoms with Crippen LogP contribution in [0.5, 0.6) is 11.5 Å². The van der Waals surface area contributed by atoms with Gasteiger partial charge in [-0.15, -0.1) is 0 Å². The number of carbonyl (C=O) groups is 3. The third kappa shape index (κ3) is 6.31. The Kier molecular flexibility index (Phi) is 8.01. The van der Waals surface area contributed by atoms with Crippen molar-refractivity contribution in [2.45, 2.75) is 26.7 Å². The topological polar surface area (TPSA) is 109 Å². The maximum Gasteiger partial charge on any atom is 0.329 e. The Labute approximate surface area is 192 Å². The van der Waals surface area contributed by atoms with Crippen LogP contribution in [-0.2, 0) is 14.4 Å². The van der Waals surface area contributed by atoms with Gasteiger partial charge in [0.1, 0.15) is 0 Å². The zero-order valence-electron chi connectivity index (χ0n) is 19.0. The molecule has 9 heteroatoms. The minimum atomic E-state index is -0.889. The van der Waals surface area contributed by atoms with E-state index >= 15 is 0 Å². The third-order valence-corrected chi connectivity index (χ3v) is 5.44. The van der Waals surface area contributed by atoms with E-state index < -0.39 is 11.8 Å². The number of aryl methyl sites for hydroxylation is 1. The number of ether oxygens (including phenoxy) is 2. The Hall–Kier alpha value is -3.88. The number of methoxy groups -OCH3 is 1. The lowest BCUT2D eigenvalue weighted by molar-refractivity contribution is -0.136. The van der Waals surface area contributed by atoms with Gasteiger partial charge in [-0.05, 0) is 67.6 Å². The third-order valence-electron chi connectivity index (χ3n) is 5.44. The Morgan fingerprint density at radius 3 is 2.55 bits per heavy atom. The average molecular weight is 453 g/mol. The van der Waals surface area contributed by atoms with E-state index in [4.69, 9.17) is 9.47 Å². The number of hydrogen-bond acceptors (Lipinski definition) is 6. The van der Waals surface area contributed by atoms with Gasteiger partial charge in [-0.3, -0.25) is 14.4 Å². The van der Waals surface area contributed by atoms with E-state index in [0.29, 0.717) is 22.7 Å². The normalized spacial score (nSPS) is 13.1. The van der Waals surface area contributed by atoms with Crippen LogP contribution in [0, 0.1) is 13.8 Å². The highest BCUT2D eigenvalue weighted by Gasteiger charge is 2.19. The Morgan fingerprint density at radius 1 is 1.06 bits per heavy atom. The molecule has 0 bridgehead atoms. The molecule has 1 aliphatic heterocycles. The summed E-state index contributed by atoms with van der Waals surface area (Å²) < 4.78 is 11.0. The summed E-state index contributed by atoms with van der Waals surface area (Å²) in [6.45, 7) is 5.26. The van der Waals surface area contributed by atoms with Crippen LogP contribution in [0.2, 0.25) is 0 Å². The van der Waals surface area contributed by atoms with E-state index in [9.17, 15) is 14.4 Å².